The van der Waals surface area contributed by atoms with Gasteiger partial charge in [0.1, 0.15) is 5.15 Å². The van der Waals surface area contributed by atoms with Crippen LogP contribution in [0.15, 0.2) is 6.07 Å². The smallest absolute Gasteiger partial charge is 0.255 e. The standard InChI is InChI=1S/C8H6Cl2N2O/c1-12-3-6-4(8(12)13)2-5(9)7(10)11-6/h2H,3H2,1H3. The Kier molecular flexibility index (Phi) is 1.93. The van der Waals surface area contributed by atoms with Gasteiger partial charge in [-0.3, -0.25) is 4.79 Å². The number of carbonyl (C=O) groups is 1. The maximum Gasteiger partial charge on any atom is 0.255 e. The first-order valence-corrected chi connectivity index (χ1v) is 4.45. The lowest BCUT2D eigenvalue weighted by atomic mass is 10.2. The van der Waals surface area contributed by atoms with Crippen molar-refractivity contribution in [3.05, 3.63) is 27.5 Å². The van der Waals surface area contributed by atoms with Gasteiger partial charge in [-0.15, -0.1) is 0 Å². The summed E-state index contributed by atoms with van der Waals surface area (Å²) in [6, 6.07) is 1.57. The van der Waals surface area contributed by atoms with Crippen LogP contribution in [0.2, 0.25) is 10.2 Å². The molecule has 3 nitrogen and oxygen atoms in total. The monoisotopic (exact) mass is 216 g/mol. The number of hydrogen-bond acceptors (Lipinski definition) is 2. The second kappa shape index (κ2) is 2.86. The molecule has 0 saturated heterocycles. The van der Waals surface area contributed by atoms with Crippen molar-refractivity contribution in [2.45, 2.75) is 6.54 Å². The Labute approximate surface area is 85.3 Å². The third-order valence-corrected chi connectivity index (χ3v) is 2.65. The van der Waals surface area contributed by atoms with Crippen LogP contribution in [0.25, 0.3) is 0 Å². The van der Waals surface area contributed by atoms with E-state index >= 15 is 0 Å². The normalized spacial score (nSPS) is 15.0. The first kappa shape index (κ1) is 8.78. The average Bonchev–Trinajstić information content (AvgIpc) is 2.32. The molecular formula is C8H6Cl2N2O. The maximum absolute atomic E-state index is 11.4. The number of hydrogen-bond donors (Lipinski definition) is 0. The van der Waals surface area contributed by atoms with Crippen LogP contribution >= 0.6 is 23.2 Å². The first-order valence-electron chi connectivity index (χ1n) is 3.70. The molecule has 0 atom stereocenters. The highest BCUT2D eigenvalue weighted by molar-refractivity contribution is 6.41. The van der Waals surface area contributed by atoms with Gasteiger partial charge in [-0.1, -0.05) is 23.2 Å². The number of aromatic nitrogens is 1. The summed E-state index contributed by atoms with van der Waals surface area (Å²) in [4.78, 5) is 17.0. The van der Waals surface area contributed by atoms with E-state index in [0.717, 1.165) is 0 Å². The summed E-state index contributed by atoms with van der Waals surface area (Å²) in [6.45, 7) is 0.505. The Balaban J connectivity index is 2.59. The van der Waals surface area contributed by atoms with E-state index in [4.69, 9.17) is 23.2 Å². The molecule has 0 unspecified atom stereocenters. The summed E-state index contributed by atoms with van der Waals surface area (Å²) in [5.74, 6) is -0.0546. The summed E-state index contributed by atoms with van der Waals surface area (Å²) in [5, 5.41) is 0.576. The minimum absolute atomic E-state index is 0.0546. The fourth-order valence-corrected chi connectivity index (χ4v) is 1.62. The summed E-state index contributed by atoms with van der Waals surface area (Å²) in [7, 11) is 1.71. The van der Waals surface area contributed by atoms with Crippen LogP contribution in [0.3, 0.4) is 0 Å². The molecule has 0 N–H and O–H groups in total. The predicted octanol–water partition coefficient (Wildman–Crippen LogP) is 1.97. The third-order valence-electron chi connectivity index (χ3n) is 1.98. The Bertz CT molecular complexity index is 392. The zero-order valence-corrected chi connectivity index (χ0v) is 8.35. The van der Waals surface area contributed by atoms with Gasteiger partial charge in [0.25, 0.3) is 5.91 Å². The zero-order valence-electron chi connectivity index (χ0n) is 6.84. The molecule has 0 aliphatic carbocycles. The Hall–Kier alpha value is -0.800. The summed E-state index contributed by atoms with van der Waals surface area (Å²) < 4.78 is 0. The fourth-order valence-electron chi connectivity index (χ4n) is 1.31. The number of carbonyl (C=O) groups excluding carboxylic acids is 1. The van der Waals surface area contributed by atoms with E-state index in [2.05, 4.69) is 4.98 Å². The lowest BCUT2D eigenvalue weighted by molar-refractivity contribution is 0.0816. The molecule has 0 bridgehead atoms. The number of pyridine rings is 1. The highest BCUT2D eigenvalue weighted by Crippen LogP contribution is 2.27. The van der Waals surface area contributed by atoms with Crippen LogP contribution in [-0.4, -0.2) is 22.8 Å². The van der Waals surface area contributed by atoms with E-state index in [0.29, 0.717) is 22.8 Å². The second-order valence-electron chi connectivity index (χ2n) is 2.92. The molecule has 2 heterocycles. The number of amides is 1. The SMILES string of the molecule is CN1Cc2nc(Cl)c(Cl)cc2C1=O. The van der Waals surface area contributed by atoms with Gasteiger partial charge in [0, 0.05) is 7.05 Å². The van der Waals surface area contributed by atoms with Crippen molar-refractivity contribution in [3.63, 3.8) is 0 Å². The molecule has 1 aromatic rings. The second-order valence-corrected chi connectivity index (χ2v) is 3.68. The topological polar surface area (TPSA) is 33.2 Å². The Morgan fingerprint density at radius 3 is 2.92 bits per heavy atom. The number of fused-ring (bicyclic) bond motifs is 1. The quantitative estimate of drug-likeness (QED) is 0.622. The van der Waals surface area contributed by atoms with Gasteiger partial charge in [0.05, 0.1) is 22.8 Å². The van der Waals surface area contributed by atoms with E-state index in [9.17, 15) is 4.79 Å². The highest BCUT2D eigenvalue weighted by Gasteiger charge is 2.26. The van der Waals surface area contributed by atoms with E-state index in [-0.39, 0.29) is 11.1 Å². The van der Waals surface area contributed by atoms with Gasteiger partial charge in [-0.2, -0.15) is 0 Å². The van der Waals surface area contributed by atoms with Crippen LogP contribution in [0.4, 0.5) is 0 Å². The molecule has 1 amide bonds. The van der Waals surface area contributed by atoms with Crippen LogP contribution in [0.1, 0.15) is 16.1 Å². The van der Waals surface area contributed by atoms with E-state index in [1.54, 1.807) is 18.0 Å². The molecule has 0 fully saturated rings. The molecule has 5 heteroatoms. The predicted molar refractivity (Wildman–Crippen MR) is 50.1 cm³/mol. The molecule has 0 spiro atoms. The van der Waals surface area contributed by atoms with Crippen molar-refractivity contribution in [3.8, 4) is 0 Å². The van der Waals surface area contributed by atoms with Gasteiger partial charge in [0.15, 0.2) is 0 Å². The molecule has 0 aromatic carbocycles. The van der Waals surface area contributed by atoms with Crippen molar-refractivity contribution >= 4 is 29.1 Å². The molecule has 13 heavy (non-hydrogen) atoms. The van der Waals surface area contributed by atoms with Crippen LogP contribution in [0, 0.1) is 0 Å². The largest absolute Gasteiger partial charge is 0.336 e. The average molecular weight is 217 g/mol. The molecule has 68 valence electrons. The van der Waals surface area contributed by atoms with E-state index < -0.39 is 0 Å². The highest BCUT2D eigenvalue weighted by atomic mass is 35.5. The van der Waals surface area contributed by atoms with Gasteiger partial charge in [-0.25, -0.2) is 4.98 Å². The third kappa shape index (κ3) is 1.28. The van der Waals surface area contributed by atoms with Crippen molar-refractivity contribution in [1.82, 2.24) is 9.88 Å². The summed E-state index contributed by atoms with van der Waals surface area (Å²) in [5.41, 5.74) is 1.25. The number of rotatable bonds is 0. The van der Waals surface area contributed by atoms with E-state index in [1.807, 2.05) is 0 Å². The van der Waals surface area contributed by atoms with Crippen molar-refractivity contribution < 1.29 is 4.79 Å². The number of halogens is 2. The van der Waals surface area contributed by atoms with E-state index in [1.165, 1.54) is 0 Å². The molecule has 1 aliphatic heterocycles. The lowest BCUT2D eigenvalue weighted by Gasteiger charge is -2.03. The van der Waals surface area contributed by atoms with Crippen molar-refractivity contribution in [2.75, 3.05) is 7.05 Å². The molecule has 2 rings (SSSR count). The van der Waals surface area contributed by atoms with Crippen LogP contribution < -0.4 is 0 Å². The van der Waals surface area contributed by atoms with Gasteiger partial charge < -0.3 is 4.90 Å². The summed E-state index contributed by atoms with van der Waals surface area (Å²) >= 11 is 11.5. The Morgan fingerprint density at radius 1 is 1.54 bits per heavy atom. The van der Waals surface area contributed by atoms with Crippen molar-refractivity contribution in [2.24, 2.45) is 0 Å². The zero-order chi connectivity index (χ0) is 9.59. The van der Waals surface area contributed by atoms with Gasteiger partial charge >= 0.3 is 0 Å². The molecule has 0 radical (unpaired) electrons. The minimum Gasteiger partial charge on any atom is -0.336 e. The molecule has 0 saturated carbocycles. The summed E-state index contributed by atoms with van der Waals surface area (Å²) in [6.07, 6.45) is 0. The molecular weight excluding hydrogens is 211 g/mol. The lowest BCUT2D eigenvalue weighted by Crippen LogP contribution is -2.17. The molecule has 1 aliphatic rings. The van der Waals surface area contributed by atoms with Crippen LogP contribution in [0.5, 0.6) is 0 Å². The fraction of sp³-hybridized carbons (Fsp3) is 0.250. The Morgan fingerprint density at radius 2 is 2.23 bits per heavy atom. The number of nitrogens with zero attached hydrogens (tertiary/aromatic N) is 2. The minimum atomic E-state index is -0.0546. The maximum atomic E-state index is 11.4. The van der Waals surface area contributed by atoms with Crippen LogP contribution in [-0.2, 0) is 6.54 Å². The van der Waals surface area contributed by atoms with Crippen molar-refractivity contribution in [1.29, 1.82) is 0 Å². The van der Waals surface area contributed by atoms with Gasteiger partial charge in [-0.05, 0) is 6.07 Å². The van der Waals surface area contributed by atoms with Gasteiger partial charge in [0.2, 0.25) is 0 Å². The first-order chi connectivity index (χ1) is 6.09. The molecule has 1 aromatic heterocycles.